The molecule has 0 bridgehead atoms. The molecule has 0 saturated carbocycles. The third-order valence-corrected chi connectivity index (χ3v) is 9.54. The van der Waals surface area contributed by atoms with E-state index in [1.807, 2.05) is 37.3 Å². The molecule has 47 heavy (non-hydrogen) atoms. The summed E-state index contributed by atoms with van der Waals surface area (Å²) in [4.78, 5) is 29.6. The van der Waals surface area contributed by atoms with E-state index < -0.39 is 40.2 Å². The maximum absolute atomic E-state index is 15.1. The van der Waals surface area contributed by atoms with Gasteiger partial charge >= 0.3 is 0 Å². The van der Waals surface area contributed by atoms with Gasteiger partial charge in [0.2, 0.25) is 11.8 Å². The molecule has 248 valence electrons. The van der Waals surface area contributed by atoms with Gasteiger partial charge < -0.3 is 15.0 Å². The van der Waals surface area contributed by atoms with Gasteiger partial charge in [0.05, 0.1) is 17.2 Å². The summed E-state index contributed by atoms with van der Waals surface area (Å²) < 4.78 is 50.3. The van der Waals surface area contributed by atoms with Gasteiger partial charge in [0.15, 0.2) is 0 Å². The highest BCUT2D eigenvalue weighted by atomic mass is 35.5. The van der Waals surface area contributed by atoms with Crippen LogP contribution in [-0.2, 0) is 32.6 Å². The molecule has 0 saturated heterocycles. The Morgan fingerprint density at radius 1 is 0.894 bits per heavy atom. The number of para-hydroxylation sites is 2. The molecule has 0 aliphatic carbocycles. The smallest absolute Gasteiger partial charge is 0.264 e. The Bertz CT molecular complexity index is 1740. The minimum Gasteiger partial charge on any atom is -0.492 e. The first-order valence-corrected chi connectivity index (χ1v) is 17.3. The van der Waals surface area contributed by atoms with Crippen LogP contribution in [0.5, 0.6) is 5.75 Å². The summed E-state index contributed by atoms with van der Waals surface area (Å²) in [6, 6.07) is 26.2. The second-order valence-electron chi connectivity index (χ2n) is 10.8. The van der Waals surface area contributed by atoms with Gasteiger partial charge in [-0.1, -0.05) is 85.6 Å². The number of anilines is 1. The van der Waals surface area contributed by atoms with Gasteiger partial charge in [0, 0.05) is 30.1 Å². The maximum Gasteiger partial charge on any atom is 0.264 e. The number of amides is 2. The summed E-state index contributed by atoms with van der Waals surface area (Å²) in [5, 5.41) is 3.26. The molecule has 0 fully saturated rings. The number of hydrogen-bond acceptors (Lipinski definition) is 5. The lowest BCUT2D eigenvalue weighted by Gasteiger charge is -2.34. The number of nitrogens with one attached hydrogen (secondary N) is 1. The van der Waals surface area contributed by atoms with Crippen LogP contribution in [0.25, 0.3) is 0 Å². The number of carbonyl (C=O) groups excluding carboxylic acids is 2. The first-order valence-electron chi connectivity index (χ1n) is 15.5. The fourth-order valence-corrected chi connectivity index (χ4v) is 6.61. The van der Waals surface area contributed by atoms with E-state index in [0.29, 0.717) is 11.6 Å². The fourth-order valence-electron chi connectivity index (χ4n) is 5.06. The summed E-state index contributed by atoms with van der Waals surface area (Å²) in [5.41, 5.74) is 1.10. The van der Waals surface area contributed by atoms with E-state index >= 15 is 4.39 Å². The lowest BCUT2D eigenvalue weighted by molar-refractivity contribution is -0.140. The first kappa shape index (κ1) is 35.4. The van der Waals surface area contributed by atoms with E-state index in [0.717, 1.165) is 22.7 Å². The zero-order chi connectivity index (χ0) is 33.8. The lowest BCUT2D eigenvalue weighted by atomic mass is 10.0. The topological polar surface area (TPSA) is 96.0 Å². The molecule has 11 heteroatoms. The van der Waals surface area contributed by atoms with Crippen LogP contribution in [0.15, 0.2) is 108 Å². The van der Waals surface area contributed by atoms with Crippen molar-refractivity contribution in [2.45, 2.75) is 50.6 Å². The summed E-state index contributed by atoms with van der Waals surface area (Å²) in [6.07, 6.45) is 1.70. The predicted octanol–water partition coefficient (Wildman–Crippen LogP) is 6.63. The molecule has 1 atom stereocenters. The highest BCUT2D eigenvalue weighted by Crippen LogP contribution is 2.33. The monoisotopic (exact) mass is 679 g/mol. The standard InChI is InChI=1S/C36H39ClFN3O5S/c1-3-5-23-39-36(43)33(24-27-13-7-6-8-14-27)40(25-28-15-9-10-16-31(28)38)35(42)26-41(32-17-11-12-18-34(32)46-4-2)47(44,45)30-21-19-29(37)20-22-30/h6-22,33H,3-5,23-26H2,1-2H3,(H,39,43). The maximum atomic E-state index is 15.1. The molecule has 4 rings (SSSR count). The number of rotatable bonds is 16. The zero-order valence-electron chi connectivity index (χ0n) is 26.4. The molecule has 4 aromatic rings. The van der Waals surface area contributed by atoms with E-state index in [9.17, 15) is 18.0 Å². The number of hydrogen-bond donors (Lipinski definition) is 1. The second-order valence-corrected chi connectivity index (χ2v) is 13.1. The average molecular weight is 680 g/mol. The first-order chi connectivity index (χ1) is 22.6. The molecule has 0 aliphatic rings. The number of benzene rings is 4. The van der Waals surface area contributed by atoms with Crippen LogP contribution < -0.4 is 14.4 Å². The zero-order valence-corrected chi connectivity index (χ0v) is 28.0. The van der Waals surface area contributed by atoms with Crippen molar-refractivity contribution in [1.82, 2.24) is 10.2 Å². The molecular formula is C36H39ClFN3O5S. The van der Waals surface area contributed by atoms with Gasteiger partial charge in [0.25, 0.3) is 10.0 Å². The number of unbranched alkanes of at least 4 members (excludes halogenated alkanes) is 1. The molecule has 2 amide bonds. The van der Waals surface area contributed by atoms with E-state index in [-0.39, 0.29) is 41.5 Å². The second kappa shape index (κ2) is 16.9. The molecule has 0 spiro atoms. The Labute approximate surface area is 281 Å². The van der Waals surface area contributed by atoms with Gasteiger partial charge in [-0.15, -0.1) is 0 Å². The summed E-state index contributed by atoms with van der Waals surface area (Å²) in [6.45, 7) is 3.43. The molecule has 1 N–H and O–H groups in total. The van der Waals surface area contributed by atoms with Gasteiger partial charge in [-0.2, -0.15) is 0 Å². The van der Waals surface area contributed by atoms with Crippen molar-refractivity contribution in [3.05, 3.63) is 125 Å². The number of halogens is 2. The summed E-state index contributed by atoms with van der Waals surface area (Å²) >= 11 is 6.06. The highest BCUT2D eigenvalue weighted by molar-refractivity contribution is 7.92. The van der Waals surface area contributed by atoms with E-state index in [4.69, 9.17) is 16.3 Å². The number of ether oxygens (including phenoxy) is 1. The molecule has 0 aliphatic heterocycles. The van der Waals surface area contributed by atoms with Crippen molar-refractivity contribution in [3.63, 3.8) is 0 Å². The molecule has 4 aromatic carbocycles. The van der Waals surface area contributed by atoms with Crippen LogP contribution in [0.1, 0.15) is 37.8 Å². The van der Waals surface area contributed by atoms with Gasteiger partial charge in [-0.3, -0.25) is 13.9 Å². The van der Waals surface area contributed by atoms with Crippen LogP contribution >= 0.6 is 11.6 Å². The Hall–Kier alpha value is -4.41. The van der Waals surface area contributed by atoms with Crippen LogP contribution in [0, 0.1) is 5.82 Å². The van der Waals surface area contributed by atoms with E-state index in [1.54, 1.807) is 37.3 Å². The van der Waals surface area contributed by atoms with Crippen molar-refractivity contribution in [1.29, 1.82) is 0 Å². The highest BCUT2D eigenvalue weighted by Gasteiger charge is 2.35. The van der Waals surface area contributed by atoms with Crippen LogP contribution in [-0.4, -0.2) is 50.9 Å². The normalized spacial score (nSPS) is 11.8. The van der Waals surface area contributed by atoms with Crippen molar-refractivity contribution in [2.24, 2.45) is 0 Å². The van der Waals surface area contributed by atoms with Crippen LogP contribution in [0.2, 0.25) is 5.02 Å². The summed E-state index contributed by atoms with van der Waals surface area (Å²) in [7, 11) is -4.37. The number of nitrogens with zero attached hydrogens (tertiary/aromatic N) is 2. The van der Waals surface area contributed by atoms with Crippen molar-refractivity contribution in [3.8, 4) is 5.75 Å². The third kappa shape index (κ3) is 9.33. The quantitative estimate of drug-likeness (QED) is 0.134. The Balaban J connectivity index is 1.83. The number of carbonyl (C=O) groups is 2. The van der Waals surface area contributed by atoms with Gasteiger partial charge in [-0.25, -0.2) is 12.8 Å². The lowest BCUT2D eigenvalue weighted by Crippen LogP contribution is -2.53. The molecular weight excluding hydrogens is 641 g/mol. The molecule has 1 unspecified atom stereocenters. The molecule has 0 aromatic heterocycles. The molecule has 8 nitrogen and oxygen atoms in total. The number of sulfonamides is 1. The van der Waals surface area contributed by atoms with Crippen molar-refractivity contribution in [2.75, 3.05) is 24.0 Å². The van der Waals surface area contributed by atoms with Crippen LogP contribution in [0.4, 0.5) is 10.1 Å². The minimum absolute atomic E-state index is 0.0974. The largest absolute Gasteiger partial charge is 0.492 e. The van der Waals surface area contributed by atoms with Crippen molar-refractivity contribution >= 4 is 39.1 Å². The third-order valence-electron chi connectivity index (χ3n) is 7.51. The van der Waals surface area contributed by atoms with Crippen molar-refractivity contribution < 1.29 is 27.1 Å². The predicted molar refractivity (Wildman–Crippen MR) is 182 cm³/mol. The fraction of sp³-hybridized carbons (Fsp3) is 0.278. The van der Waals surface area contributed by atoms with Gasteiger partial charge in [-0.05, 0) is 61.4 Å². The Kier molecular flexibility index (Phi) is 12.8. The Morgan fingerprint density at radius 3 is 2.23 bits per heavy atom. The van der Waals surface area contributed by atoms with Gasteiger partial charge in [0.1, 0.15) is 24.2 Å². The van der Waals surface area contributed by atoms with E-state index in [1.165, 1.54) is 47.4 Å². The minimum atomic E-state index is -4.37. The molecule has 0 radical (unpaired) electrons. The summed E-state index contributed by atoms with van der Waals surface area (Å²) in [5.74, 6) is -1.43. The SMILES string of the molecule is CCCCNC(=O)C(Cc1ccccc1)N(Cc1ccccc1F)C(=O)CN(c1ccccc1OCC)S(=O)(=O)c1ccc(Cl)cc1. The Morgan fingerprint density at radius 2 is 1.55 bits per heavy atom. The van der Waals surface area contributed by atoms with E-state index in [2.05, 4.69) is 5.32 Å². The van der Waals surface area contributed by atoms with Crippen LogP contribution in [0.3, 0.4) is 0 Å². The average Bonchev–Trinajstić information content (AvgIpc) is 3.07. The molecule has 0 heterocycles.